The number of methoxy groups -OCH3 is 2. The third kappa shape index (κ3) is 2.03. The molecule has 0 saturated heterocycles. The van der Waals surface area contributed by atoms with E-state index < -0.39 is 5.79 Å². The van der Waals surface area contributed by atoms with Gasteiger partial charge in [0.1, 0.15) is 5.69 Å². The van der Waals surface area contributed by atoms with Gasteiger partial charge < -0.3 is 15.2 Å². The summed E-state index contributed by atoms with van der Waals surface area (Å²) in [7, 11) is 3.02. The summed E-state index contributed by atoms with van der Waals surface area (Å²) in [6, 6.07) is 1.68. The Morgan fingerprint density at radius 1 is 1.50 bits per heavy atom. The normalized spacial score (nSPS) is 11.7. The summed E-state index contributed by atoms with van der Waals surface area (Å²) in [5, 5.41) is 0.356. The van der Waals surface area contributed by atoms with E-state index in [1.54, 1.807) is 12.3 Å². The molecule has 0 radical (unpaired) electrons. The van der Waals surface area contributed by atoms with E-state index >= 15 is 0 Å². The van der Waals surface area contributed by atoms with E-state index in [1.165, 1.54) is 14.2 Å². The van der Waals surface area contributed by atoms with E-state index in [9.17, 15) is 0 Å². The van der Waals surface area contributed by atoms with Crippen LogP contribution in [0.1, 0.15) is 5.69 Å². The zero-order valence-corrected chi connectivity index (χ0v) is 8.99. The SMILES string of the molecule is COC(CN)(OC)c1ccnc(S)n1. The van der Waals surface area contributed by atoms with Crippen LogP contribution < -0.4 is 5.73 Å². The van der Waals surface area contributed by atoms with Gasteiger partial charge in [0.05, 0.1) is 6.54 Å². The molecule has 1 rings (SSSR count). The molecule has 5 nitrogen and oxygen atoms in total. The van der Waals surface area contributed by atoms with E-state index in [-0.39, 0.29) is 6.54 Å². The van der Waals surface area contributed by atoms with Crippen LogP contribution in [0.3, 0.4) is 0 Å². The average Bonchev–Trinajstić information content (AvgIpc) is 2.22. The Morgan fingerprint density at radius 2 is 2.14 bits per heavy atom. The number of hydrogen-bond acceptors (Lipinski definition) is 6. The number of rotatable bonds is 4. The van der Waals surface area contributed by atoms with E-state index in [2.05, 4.69) is 22.6 Å². The van der Waals surface area contributed by atoms with Gasteiger partial charge in [-0.1, -0.05) is 0 Å². The lowest BCUT2D eigenvalue weighted by Crippen LogP contribution is -2.39. The molecule has 1 aromatic rings. The first-order chi connectivity index (χ1) is 6.68. The maximum absolute atomic E-state index is 5.58. The largest absolute Gasteiger partial charge is 0.347 e. The predicted octanol–water partition coefficient (Wildman–Crippen LogP) is 0.170. The second kappa shape index (κ2) is 4.70. The minimum absolute atomic E-state index is 0.171. The van der Waals surface area contributed by atoms with Crippen molar-refractivity contribution in [2.45, 2.75) is 10.9 Å². The molecule has 0 saturated carbocycles. The number of thiol groups is 1. The third-order valence-electron chi connectivity index (χ3n) is 1.96. The lowest BCUT2D eigenvalue weighted by molar-refractivity contribution is -0.210. The highest BCUT2D eigenvalue weighted by molar-refractivity contribution is 7.80. The molecular formula is C8H13N3O2S. The molecule has 0 bridgehead atoms. The fourth-order valence-electron chi connectivity index (χ4n) is 1.12. The van der Waals surface area contributed by atoms with Gasteiger partial charge in [-0.05, 0) is 6.07 Å². The molecule has 78 valence electrons. The predicted molar refractivity (Wildman–Crippen MR) is 54.0 cm³/mol. The standard InChI is InChI=1S/C8H13N3O2S/c1-12-8(5-9,13-2)6-3-4-10-7(14)11-6/h3-4H,5,9H2,1-2H3,(H,10,11,14). The molecule has 0 aliphatic rings. The number of nitrogens with two attached hydrogens (primary N) is 1. The fraction of sp³-hybridized carbons (Fsp3) is 0.500. The summed E-state index contributed by atoms with van der Waals surface area (Å²) in [5.41, 5.74) is 6.14. The van der Waals surface area contributed by atoms with Crippen molar-refractivity contribution in [1.82, 2.24) is 9.97 Å². The van der Waals surface area contributed by atoms with Gasteiger partial charge in [-0.15, -0.1) is 12.6 Å². The van der Waals surface area contributed by atoms with Crippen molar-refractivity contribution in [2.75, 3.05) is 20.8 Å². The number of nitrogens with zero attached hydrogens (tertiary/aromatic N) is 2. The minimum Gasteiger partial charge on any atom is -0.347 e. The smallest absolute Gasteiger partial charge is 0.224 e. The van der Waals surface area contributed by atoms with Gasteiger partial charge in [0.25, 0.3) is 0 Å². The molecule has 0 atom stereocenters. The summed E-state index contributed by atoms with van der Waals surface area (Å²) in [6.07, 6.45) is 1.58. The van der Waals surface area contributed by atoms with Crippen LogP contribution in [0.15, 0.2) is 17.4 Å². The van der Waals surface area contributed by atoms with E-state index in [0.29, 0.717) is 10.9 Å². The first-order valence-electron chi connectivity index (χ1n) is 4.01. The van der Waals surface area contributed by atoms with E-state index in [1.807, 2.05) is 0 Å². The van der Waals surface area contributed by atoms with Crippen LogP contribution in [0.25, 0.3) is 0 Å². The topological polar surface area (TPSA) is 70.3 Å². The Hall–Kier alpha value is -0.690. The first-order valence-corrected chi connectivity index (χ1v) is 4.46. The maximum atomic E-state index is 5.58. The van der Waals surface area contributed by atoms with Crippen molar-refractivity contribution in [3.05, 3.63) is 18.0 Å². The Bertz CT molecular complexity index is 296. The van der Waals surface area contributed by atoms with Crippen molar-refractivity contribution in [2.24, 2.45) is 5.73 Å². The van der Waals surface area contributed by atoms with Gasteiger partial charge in [-0.2, -0.15) is 0 Å². The van der Waals surface area contributed by atoms with Crippen molar-refractivity contribution in [1.29, 1.82) is 0 Å². The Labute approximate surface area is 88.1 Å². The number of ether oxygens (including phenoxy) is 2. The monoisotopic (exact) mass is 215 g/mol. The van der Waals surface area contributed by atoms with Crippen LogP contribution in [0.2, 0.25) is 0 Å². The summed E-state index contributed by atoms with van der Waals surface area (Å²) < 4.78 is 10.4. The molecule has 0 unspecified atom stereocenters. The Kier molecular flexibility index (Phi) is 3.82. The zero-order chi connectivity index (χ0) is 10.6. The third-order valence-corrected chi connectivity index (χ3v) is 2.18. The first kappa shape index (κ1) is 11.4. The van der Waals surface area contributed by atoms with Gasteiger partial charge in [-0.3, -0.25) is 0 Å². The molecule has 0 aromatic carbocycles. The highest BCUT2D eigenvalue weighted by atomic mass is 32.1. The van der Waals surface area contributed by atoms with Crippen LogP contribution >= 0.6 is 12.6 Å². The van der Waals surface area contributed by atoms with Crippen LogP contribution in [0.5, 0.6) is 0 Å². The van der Waals surface area contributed by atoms with Crippen LogP contribution in [0.4, 0.5) is 0 Å². The zero-order valence-electron chi connectivity index (χ0n) is 8.10. The van der Waals surface area contributed by atoms with E-state index in [0.717, 1.165) is 0 Å². The second-order valence-corrected chi connectivity index (χ2v) is 3.01. The van der Waals surface area contributed by atoms with Crippen LogP contribution in [-0.2, 0) is 15.3 Å². The summed E-state index contributed by atoms with van der Waals surface area (Å²) >= 11 is 4.03. The summed E-state index contributed by atoms with van der Waals surface area (Å²) in [5.74, 6) is -1.01. The molecule has 6 heteroatoms. The molecular weight excluding hydrogens is 202 g/mol. The lowest BCUT2D eigenvalue weighted by atomic mass is 10.2. The van der Waals surface area contributed by atoms with E-state index in [4.69, 9.17) is 15.2 Å². The number of aromatic nitrogens is 2. The molecule has 0 aliphatic carbocycles. The van der Waals surface area contributed by atoms with Crippen molar-refractivity contribution >= 4 is 12.6 Å². The van der Waals surface area contributed by atoms with Gasteiger partial charge in [0.2, 0.25) is 5.79 Å². The second-order valence-electron chi connectivity index (χ2n) is 2.61. The van der Waals surface area contributed by atoms with Gasteiger partial charge in [-0.25, -0.2) is 9.97 Å². The highest BCUT2D eigenvalue weighted by Gasteiger charge is 2.32. The number of hydrogen-bond donors (Lipinski definition) is 2. The van der Waals surface area contributed by atoms with Gasteiger partial charge in [0, 0.05) is 20.4 Å². The molecule has 1 aromatic heterocycles. The van der Waals surface area contributed by atoms with Crippen LogP contribution in [0, 0.1) is 0 Å². The molecule has 0 fully saturated rings. The Morgan fingerprint density at radius 3 is 2.57 bits per heavy atom. The molecule has 1 heterocycles. The quantitative estimate of drug-likeness (QED) is 0.425. The molecule has 2 N–H and O–H groups in total. The lowest BCUT2D eigenvalue weighted by Gasteiger charge is -2.28. The van der Waals surface area contributed by atoms with Crippen molar-refractivity contribution < 1.29 is 9.47 Å². The maximum Gasteiger partial charge on any atom is 0.224 e. The summed E-state index contributed by atoms with van der Waals surface area (Å²) in [6.45, 7) is 0.171. The molecule has 0 amide bonds. The van der Waals surface area contributed by atoms with Crippen molar-refractivity contribution in [3.63, 3.8) is 0 Å². The average molecular weight is 215 g/mol. The van der Waals surface area contributed by atoms with Crippen molar-refractivity contribution in [3.8, 4) is 0 Å². The molecule has 0 aliphatic heterocycles. The Balaban J connectivity index is 3.10. The van der Waals surface area contributed by atoms with Gasteiger partial charge >= 0.3 is 0 Å². The van der Waals surface area contributed by atoms with Gasteiger partial charge in [0.15, 0.2) is 5.16 Å². The molecule has 14 heavy (non-hydrogen) atoms. The summed E-state index contributed by atoms with van der Waals surface area (Å²) in [4.78, 5) is 7.94. The van der Waals surface area contributed by atoms with Crippen LogP contribution in [-0.4, -0.2) is 30.7 Å². The minimum atomic E-state index is -1.01. The fourth-order valence-corrected chi connectivity index (χ4v) is 1.30. The molecule has 0 spiro atoms. The highest BCUT2D eigenvalue weighted by Crippen LogP contribution is 2.22.